The van der Waals surface area contributed by atoms with Crippen LogP contribution in [0.3, 0.4) is 0 Å². The Morgan fingerprint density at radius 1 is 1.25 bits per heavy atom. The zero-order valence-electron chi connectivity index (χ0n) is 5.81. The smallest absolute Gasteiger partial charge is 0.342 e. The van der Waals surface area contributed by atoms with Gasteiger partial charge >= 0.3 is 1.41 Å². The molecule has 53 valence electrons. The topological polar surface area (TPSA) is 36.5 Å². The number of hydrogen-bond donors (Lipinski definition) is 2. The molecule has 0 aromatic heterocycles. The number of quaternary nitrogens is 1. The molecule has 0 aromatic carbocycles. The minimum atomic E-state index is 0. The zero-order chi connectivity index (χ0) is 6.83. The van der Waals surface area contributed by atoms with Crippen molar-refractivity contribution >= 4 is 31.0 Å². The second kappa shape index (κ2) is 15.8. The van der Waals surface area contributed by atoms with Crippen molar-refractivity contribution in [1.29, 1.82) is 0 Å². The van der Waals surface area contributed by atoms with Gasteiger partial charge in [0, 0.05) is 20.0 Å². The third-order valence-corrected chi connectivity index (χ3v) is 1.000. The molecule has 0 spiro atoms. The summed E-state index contributed by atoms with van der Waals surface area (Å²) < 4.78 is 5.50. The number of thiol groups is 1. The van der Waals surface area contributed by atoms with E-state index < -0.39 is 0 Å². The van der Waals surface area contributed by atoms with Crippen LogP contribution in [0.1, 0.15) is 27.1 Å². The first-order valence-electron chi connectivity index (χ1n) is 2.88. The van der Waals surface area contributed by atoms with Crippen molar-refractivity contribution < 1.29 is 21.4 Å². The van der Waals surface area contributed by atoms with Gasteiger partial charge in [-0.05, 0) is 21.2 Å². The van der Waals surface area contributed by atoms with Gasteiger partial charge in [0.2, 0.25) is 0 Å². The maximum absolute atomic E-state index is 5.50. The van der Waals surface area contributed by atoms with E-state index in [9.17, 15) is 0 Å². The molecule has 1 rings (SSSR count). The van der Waals surface area contributed by atoms with Crippen LogP contribution in [0.15, 0.2) is 0 Å². The summed E-state index contributed by atoms with van der Waals surface area (Å²) in [6, 6.07) is 0. The summed E-state index contributed by atoms with van der Waals surface area (Å²) in [5, 5.41) is 0. The van der Waals surface area contributed by atoms with Crippen molar-refractivity contribution in [3.05, 3.63) is 0 Å². The molecule has 1 saturated carbocycles. The first-order valence-corrected chi connectivity index (χ1v) is 5.40. The Labute approximate surface area is 83.8 Å². The van der Waals surface area contributed by atoms with Gasteiger partial charge in [0.1, 0.15) is 0 Å². The van der Waals surface area contributed by atoms with Crippen LogP contribution in [-0.4, -0.2) is 0 Å². The molecule has 8 heavy (non-hydrogen) atoms. The molecule has 1 aliphatic carbocycles. The van der Waals surface area contributed by atoms with E-state index in [1.807, 2.05) is 21.2 Å². The van der Waals surface area contributed by atoms with Crippen molar-refractivity contribution in [3.8, 4) is 0 Å². The monoisotopic (exact) mass is 291 g/mol. The van der Waals surface area contributed by atoms with Crippen molar-refractivity contribution in [3.63, 3.8) is 0 Å². The zero-order valence-corrected chi connectivity index (χ0v) is 9.26. The Balaban J connectivity index is -0.0000000275. The number of halogens is 1. The predicted octanol–water partition coefficient (Wildman–Crippen LogP) is 3.45. The van der Waals surface area contributed by atoms with Crippen molar-refractivity contribution in [2.24, 2.45) is 0 Å². The van der Waals surface area contributed by atoms with E-state index in [0.717, 1.165) is 0 Å². The second-order valence-corrected chi connectivity index (χ2v) is 1.41. The van der Waals surface area contributed by atoms with Gasteiger partial charge in [0.15, 0.2) is 0 Å². The van der Waals surface area contributed by atoms with Gasteiger partial charge in [-0.2, -0.15) is 0 Å². The standard InChI is InChI=1S/C4H8.HIS.H3N.V.H2/c1-2-4-3-1;1-2;;;/h1-4H2;2H;1H3;;1H/p+1/i;;;;1+2/hT. The summed E-state index contributed by atoms with van der Waals surface area (Å²) >= 11 is 1.84. The summed E-state index contributed by atoms with van der Waals surface area (Å²) in [6.45, 7) is 0. The average Bonchev–Trinajstić information content (AvgIpc) is 1.72. The van der Waals surface area contributed by atoms with Crippen LogP contribution in [0, 0.1) is 0 Å². The Morgan fingerprint density at radius 2 is 1.38 bits per heavy atom. The summed E-state index contributed by atoms with van der Waals surface area (Å²) in [5.41, 5.74) is 0. The Kier molecular flexibility index (Phi) is 24.4. The van der Waals surface area contributed by atoms with Crippen molar-refractivity contribution in [2.75, 3.05) is 0 Å². The van der Waals surface area contributed by atoms with Gasteiger partial charge < -0.3 is 6.14 Å². The van der Waals surface area contributed by atoms with Crippen LogP contribution in [0.5, 0.6) is 0 Å². The van der Waals surface area contributed by atoms with Crippen LogP contribution < -0.4 is 6.14 Å². The van der Waals surface area contributed by atoms with E-state index in [1.54, 1.807) is 0 Å². The molecule has 1 radical (unpaired) electrons. The summed E-state index contributed by atoms with van der Waals surface area (Å²) in [6.07, 6.45) is 8.50. The first kappa shape index (κ1) is 12.3. The fourth-order valence-corrected chi connectivity index (χ4v) is 0.250. The Hall–Kier alpha value is 1.62. The molecule has 0 atom stereocenters. The third-order valence-electron chi connectivity index (χ3n) is 1.000. The van der Waals surface area contributed by atoms with E-state index in [-0.39, 0.29) is 20.0 Å². The van der Waals surface area contributed by atoms with Gasteiger partial charge in [-0.3, -0.25) is 0 Å². The van der Waals surface area contributed by atoms with E-state index in [0.29, 0.717) is 0 Å². The average molecular weight is 291 g/mol. The normalized spacial score (nSPS) is 13.6. The molecule has 1 fully saturated rings. The minimum absolute atomic E-state index is 0. The Bertz CT molecular complexity index is 31.2. The van der Waals surface area contributed by atoms with Crippen LogP contribution >= 0.6 is 31.0 Å². The molecule has 0 amide bonds. The van der Waals surface area contributed by atoms with E-state index in [4.69, 9.17) is 1.41 Å². The molecule has 4 heteroatoms. The fraction of sp³-hybridized carbons (Fsp3) is 1.00. The molecule has 0 aromatic rings. The SMILES string of the molecule is C1CCC1.SI.[3HH].[3H][NH3+].[V]. The quantitative estimate of drug-likeness (QED) is 0.507. The summed E-state index contributed by atoms with van der Waals surface area (Å²) in [5.74, 6) is 0. The molecule has 0 heterocycles. The molecular weight excluding hydrogens is 272 g/mol. The molecule has 0 saturated heterocycles. The molecule has 0 unspecified atom stereocenters. The van der Waals surface area contributed by atoms with Crippen molar-refractivity contribution in [1.82, 2.24) is 6.14 Å². The van der Waals surface area contributed by atoms with Gasteiger partial charge in [0.05, 0.1) is 0 Å². The van der Waals surface area contributed by atoms with Gasteiger partial charge in [-0.15, -0.1) is 9.80 Å². The molecule has 1 nitrogen and oxygen atoms in total. The van der Waals surface area contributed by atoms with E-state index in [2.05, 4.69) is 15.9 Å². The van der Waals surface area contributed by atoms with Crippen LogP contribution in [-0.2, 0) is 18.6 Å². The van der Waals surface area contributed by atoms with Gasteiger partial charge in [-0.1, -0.05) is 25.7 Å². The maximum atomic E-state index is 5.50. The largest absolute Gasteiger partial charge is 0.369 e. The van der Waals surface area contributed by atoms with E-state index in [1.165, 1.54) is 25.7 Å². The van der Waals surface area contributed by atoms with Gasteiger partial charge in [0.25, 0.3) is 0 Å². The van der Waals surface area contributed by atoms with Crippen LogP contribution in [0.25, 0.3) is 0 Å². The Morgan fingerprint density at radius 3 is 1.38 bits per heavy atom. The van der Waals surface area contributed by atoms with Crippen LogP contribution in [0.2, 0.25) is 1.41 Å². The minimum Gasteiger partial charge on any atom is -0.369 e. The third kappa shape index (κ3) is 10.6. The summed E-state index contributed by atoms with van der Waals surface area (Å²) in [4.78, 5) is 0. The predicted molar refractivity (Wildman–Crippen MR) is 49.6 cm³/mol. The molecular formula is C4H15INSV+. The molecule has 1 aliphatic rings. The second-order valence-electron chi connectivity index (χ2n) is 1.41. The maximum Gasteiger partial charge on any atom is 0.342 e. The molecule has 4 N–H and O–H groups in total. The van der Waals surface area contributed by atoms with Gasteiger partial charge in [-0.25, -0.2) is 0 Å². The first-order chi connectivity index (χ1) is 4.00. The number of rotatable bonds is 0. The fourth-order valence-electron chi connectivity index (χ4n) is 0.250. The van der Waals surface area contributed by atoms with Crippen molar-refractivity contribution in [2.45, 2.75) is 25.7 Å². The molecule has 0 bridgehead atoms. The summed E-state index contributed by atoms with van der Waals surface area (Å²) in [7, 11) is 3.50. The number of hydrogen-bond acceptors (Lipinski definition) is 1. The van der Waals surface area contributed by atoms with Crippen LogP contribution in [0.4, 0.5) is 0 Å². The molecule has 0 aliphatic heterocycles. The van der Waals surface area contributed by atoms with E-state index >= 15 is 0 Å².